The Morgan fingerprint density at radius 2 is 1.42 bits per heavy atom. The topological polar surface area (TPSA) is 34.1 Å². The SMILES string of the molecule is O=C(CCCC(=O)c1ccc2ccccc2c1)Cc1ccccc1. The van der Waals surface area contributed by atoms with Crippen molar-refractivity contribution in [3.63, 3.8) is 0 Å². The van der Waals surface area contributed by atoms with Crippen LogP contribution in [0, 0.1) is 0 Å². The lowest BCUT2D eigenvalue weighted by molar-refractivity contribution is -0.118. The summed E-state index contributed by atoms with van der Waals surface area (Å²) < 4.78 is 0. The van der Waals surface area contributed by atoms with E-state index in [4.69, 9.17) is 0 Å². The highest BCUT2D eigenvalue weighted by atomic mass is 16.1. The molecule has 24 heavy (non-hydrogen) atoms. The number of carbonyl (C=O) groups is 2. The van der Waals surface area contributed by atoms with Crippen LogP contribution in [-0.2, 0) is 11.2 Å². The van der Waals surface area contributed by atoms with Gasteiger partial charge < -0.3 is 0 Å². The largest absolute Gasteiger partial charge is 0.299 e. The average Bonchev–Trinajstić information content (AvgIpc) is 2.62. The van der Waals surface area contributed by atoms with Crippen LogP contribution in [0.25, 0.3) is 10.8 Å². The van der Waals surface area contributed by atoms with E-state index in [1.807, 2.05) is 72.8 Å². The van der Waals surface area contributed by atoms with E-state index in [2.05, 4.69) is 0 Å². The number of carbonyl (C=O) groups excluding carboxylic acids is 2. The van der Waals surface area contributed by atoms with Gasteiger partial charge in [0.25, 0.3) is 0 Å². The van der Waals surface area contributed by atoms with E-state index < -0.39 is 0 Å². The number of benzene rings is 3. The number of rotatable bonds is 7. The summed E-state index contributed by atoms with van der Waals surface area (Å²) in [5, 5.41) is 2.20. The molecule has 0 aliphatic carbocycles. The third-order valence-electron chi connectivity index (χ3n) is 4.18. The summed E-state index contributed by atoms with van der Waals surface area (Å²) in [7, 11) is 0. The fraction of sp³-hybridized carbons (Fsp3) is 0.182. The molecule has 2 heteroatoms. The molecular weight excluding hydrogens is 296 g/mol. The number of fused-ring (bicyclic) bond motifs is 1. The number of hydrogen-bond donors (Lipinski definition) is 0. The van der Waals surface area contributed by atoms with E-state index in [1.165, 1.54) is 0 Å². The van der Waals surface area contributed by atoms with Gasteiger partial charge in [-0.1, -0.05) is 66.7 Å². The molecule has 0 saturated heterocycles. The van der Waals surface area contributed by atoms with E-state index in [0.29, 0.717) is 25.7 Å². The van der Waals surface area contributed by atoms with Crippen LogP contribution in [0.4, 0.5) is 0 Å². The Balaban J connectivity index is 1.52. The molecule has 0 aromatic heterocycles. The predicted octanol–water partition coefficient (Wildman–Crippen LogP) is 5.00. The molecule has 0 unspecified atom stereocenters. The van der Waals surface area contributed by atoms with Crippen LogP contribution in [0.3, 0.4) is 0 Å². The number of ketones is 2. The maximum Gasteiger partial charge on any atom is 0.162 e. The van der Waals surface area contributed by atoms with E-state index in [9.17, 15) is 9.59 Å². The van der Waals surface area contributed by atoms with Gasteiger partial charge in [0.05, 0.1) is 0 Å². The van der Waals surface area contributed by atoms with Crippen molar-refractivity contribution in [2.75, 3.05) is 0 Å². The molecule has 0 radical (unpaired) electrons. The van der Waals surface area contributed by atoms with Gasteiger partial charge >= 0.3 is 0 Å². The molecule has 0 N–H and O–H groups in total. The predicted molar refractivity (Wildman–Crippen MR) is 97.3 cm³/mol. The highest BCUT2D eigenvalue weighted by Crippen LogP contribution is 2.17. The van der Waals surface area contributed by atoms with Crippen LogP contribution in [0.5, 0.6) is 0 Å². The molecule has 0 fully saturated rings. The molecule has 0 bridgehead atoms. The third-order valence-corrected chi connectivity index (χ3v) is 4.18. The van der Waals surface area contributed by atoms with Gasteiger partial charge in [-0.05, 0) is 28.8 Å². The zero-order valence-electron chi connectivity index (χ0n) is 13.6. The zero-order valence-corrected chi connectivity index (χ0v) is 13.6. The molecule has 0 atom stereocenters. The lowest BCUT2D eigenvalue weighted by Crippen LogP contribution is -2.05. The summed E-state index contributed by atoms with van der Waals surface area (Å²) in [5.41, 5.74) is 1.76. The van der Waals surface area contributed by atoms with E-state index in [1.54, 1.807) is 0 Å². The van der Waals surface area contributed by atoms with Crippen LogP contribution in [-0.4, -0.2) is 11.6 Å². The van der Waals surface area contributed by atoms with Crippen LogP contribution in [0.1, 0.15) is 35.2 Å². The quantitative estimate of drug-likeness (QED) is 0.575. The Kier molecular flexibility index (Phi) is 5.17. The highest BCUT2D eigenvalue weighted by Gasteiger charge is 2.09. The standard InChI is InChI=1S/C22H20O2/c23-21(15-17-7-2-1-3-8-17)11-6-12-22(24)20-14-13-18-9-4-5-10-19(18)16-20/h1-5,7-10,13-14,16H,6,11-12,15H2. The molecule has 0 amide bonds. The van der Waals surface area contributed by atoms with E-state index in [0.717, 1.165) is 21.9 Å². The molecule has 0 spiro atoms. The molecule has 3 aromatic carbocycles. The van der Waals surface area contributed by atoms with Crippen molar-refractivity contribution in [2.24, 2.45) is 0 Å². The molecular formula is C22H20O2. The first-order valence-corrected chi connectivity index (χ1v) is 8.30. The van der Waals surface area contributed by atoms with Gasteiger partial charge in [0, 0.05) is 24.8 Å². The van der Waals surface area contributed by atoms with Gasteiger partial charge in [0.1, 0.15) is 5.78 Å². The van der Waals surface area contributed by atoms with Crippen molar-refractivity contribution >= 4 is 22.3 Å². The van der Waals surface area contributed by atoms with Crippen molar-refractivity contribution in [1.82, 2.24) is 0 Å². The molecule has 2 nitrogen and oxygen atoms in total. The monoisotopic (exact) mass is 316 g/mol. The van der Waals surface area contributed by atoms with Gasteiger partial charge in [0.15, 0.2) is 5.78 Å². The van der Waals surface area contributed by atoms with Crippen LogP contribution in [0.15, 0.2) is 72.8 Å². The molecule has 0 aliphatic heterocycles. The fourth-order valence-electron chi connectivity index (χ4n) is 2.87. The lowest BCUT2D eigenvalue weighted by atomic mass is 9.99. The molecule has 120 valence electrons. The Morgan fingerprint density at radius 3 is 2.21 bits per heavy atom. The zero-order chi connectivity index (χ0) is 16.8. The smallest absolute Gasteiger partial charge is 0.162 e. The van der Waals surface area contributed by atoms with E-state index in [-0.39, 0.29) is 11.6 Å². The summed E-state index contributed by atoms with van der Waals surface area (Å²) in [6.45, 7) is 0. The highest BCUT2D eigenvalue weighted by molar-refractivity contribution is 6.00. The molecule has 3 aromatic rings. The summed E-state index contributed by atoms with van der Waals surface area (Å²) in [6.07, 6.45) is 1.93. The van der Waals surface area contributed by atoms with Crippen molar-refractivity contribution in [2.45, 2.75) is 25.7 Å². The summed E-state index contributed by atoms with van der Waals surface area (Å²) >= 11 is 0. The van der Waals surface area contributed by atoms with Crippen molar-refractivity contribution in [3.05, 3.63) is 83.9 Å². The molecule has 0 saturated carbocycles. The molecule has 0 heterocycles. The molecule has 3 rings (SSSR count). The Hall–Kier alpha value is -2.74. The average molecular weight is 316 g/mol. The minimum absolute atomic E-state index is 0.105. The van der Waals surface area contributed by atoms with Crippen molar-refractivity contribution in [1.29, 1.82) is 0 Å². The minimum Gasteiger partial charge on any atom is -0.299 e. The first kappa shape index (κ1) is 16.1. The normalized spacial score (nSPS) is 10.7. The van der Waals surface area contributed by atoms with Crippen LogP contribution >= 0.6 is 0 Å². The van der Waals surface area contributed by atoms with Gasteiger partial charge in [0.2, 0.25) is 0 Å². The Bertz CT molecular complexity index is 850. The maximum atomic E-state index is 12.3. The van der Waals surface area contributed by atoms with E-state index >= 15 is 0 Å². The number of Topliss-reactive ketones (excluding diaryl/α,β-unsaturated/α-hetero) is 2. The van der Waals surface area contributed by atoms with Gasteiger partial charge in [-0.25, -0.2) is 0 Å². The first-order valence-electron chi connectivity index (χ1n) is 8.30. The summed E-state index contributed by atoms with van der Waals surface area (Å²) in [6, 6.07) is 23.5. The fourth-order valence-corrected chi connectivity index (χ4v) is 2.87. The second-order valence-corrected chi connectivity index (χ2v) is 6.04. The van der Waals surface area contributed by atoms with Crippen LogP contribution in [0.2, 0.25) is 0 Å². The Labute approximate surface area is 142 Å². The molecule has 0 aliphatic rings. The minimum atomic E-state index is 0.105. The second kappa shape index (κ2) is 7.69. The van der Waals surface area contributed by atoms with Gasteiger partial charge in [-0.3, -0.25) is 9.59 Å². The first-order chi connectivity index (χ1) is 11.7. The third kappa shape index (κ3) is 4.17. The maximum absolute atomic E-state index is 12.3. The van der Waals surface area contributed by atoms with Crippen molar-refractivity contribution < 1.29 is 9.59 Å². The lowest BCUT2D eigenvalue weighted by Gasteiger charge is -2.04. The Morgan fingerprint density at radius 1 is 0.708 bits per heavy atom. The van der Waals surface area contributed by atoms with Gasteiger partial charge in [-0.15, -0.1) is 0 Å². The van der Waals surface area contributed by atoms with Crippen LogP contribution < -0.4 is 0 Å². The van der Waals surface area contributed by atoms with Gasteiger partial charge in [-0.2, -0.15) is 0 Å². The summed E-state index contributed by atoms with van der Waals surface area (Å²) in [5.74, 6) is 0.292. The summed E-state index contributed by atoms with van der Waals surface area (Å²) in [4.78, 5) is 24.3. The second-order valence-electron chi connectivity index (χ2n) is 6.04. The van der Waals surface area contributed by atoms with Crippen molar-refractivity contribution in [3.8, 4) is 0 Å². The number of hydrogen-bond acceptors (Lipinski definition) is 2.